The summed E-state index contributed by atoms with van der Waals surface area (Å²) in [6.07, 6.45) is 1.91. The average molecular weight is 395 g/mol. The van der Waals surface area contributed by atoms with Crippen LogP contribution in [0.5, 0.6) is 0 Å². The molecular formula is C20H27ClN2O4. The Hall–Kier alpha value is -1.95. The Morgan fingerprint density at radius 2 is 1.93 bits per heavy atom. The number of rotatable bonds is 1. The van der Waals surface area contributed by atoms with Gasteiger partial charge in [-0.2, -0.15) is 0 Å². The molecule has 0 spiro atoms. The van der Waals surface area contributed by atoms with E-state index in [0.29, 0.717) is 24.7 Å². The van der Waals surface area contributed by atoms with Gasteiger partial charge in [0, 0.05) is 24.7 Å². The summed E-state index contributed by atoms with van der Waals surface area (Å²) in [6.45, 7) is 7.35. The summed E-state index contributed by atoms with van der Waals surface area (Å²) < 4.78 is 10.4. The van der Waals surface area contributed by atoms with Gasteiger partial charge in [-0.3, -0.25) is 0 Å². The number of nitrogens with zero attached hydrogens (tertiary/aromatic N) is 2. The molecule has 2 aliphatic rings. The van der Waals surface area contributed by atoms with Gasteiger partial charge in [0.05, 0.1) is 13.2 Å². The van der Waals surface area contributed by atoms with Crippen molar-refractivity contribution in [2.45, 2.75) is 58.2 Å². The van der Waals surface area contributed by atoms with E-state index in [1.807, 2.05) is 37.8 Å². The van der Waals surface area contributed by atoms with E-state index in [4.69, 9.17) is 21.1 Å². The van der Waals surface area contributed by atoms with Crippen LogP contribution >= 0.6 is 11.6 Å². The molecule has 148 valence electrons. The number of halogens is 1. The molecule has 0 unspecified atom stereocenters. The van der Waals surface area contributed by atoms with Crippen molar-refractivity contribution in [3.63, 3.8) is 0 Å². The van der Waals surface area contributed by atoms with Gasteiger partial charge >= 0.3 is 12.2 Å². The van der Waals surface area contributed by atoms with Gasteiger partial charge in [-0.1, -0.05) is 11.6 Å². The Morgan fingerprint density at radius 1 is 1.19 bits per heavy atom. The molecule has 1 atom stereocenters. The lowest BCUT2D eigenvalue weighted by molar-refractivity contribution is 0.0223. The van der Waals surface area contributed by atoms with E-state index in [-0.39, 0.29) is 18.2 Å². The molecule has 1 aromatic carbocycles. The molecule has 0 saturated carbocycles. The minimum atomic E-state index is -0.529. The Labute approximate surface area is 165 Å². The third-order valence-corrected chi connectivity index (χ3v) is 5.23. The highest BCUT2D eigenvalue weighted by atomic mass is 35.5. The summed E-state index contributed by atoms with van der Waals surface area (Å²) >= 11 is 6.39. The molecule has 1 aromatic rings. The lowest BCUT2D eigenvalue weighted by Crippen LogP contribution is -2.38. The van der Waals surface area contributed by atoms with Gasteiger partial charge < -0.3 is 19.3 Å². The third kappa shape index (κ3) is 4.32. The molecule has 0 aliphatic carbocycles. The van der Waals surface area contributed by atoms with Crippen molar-refractivity contribution < 1.29 is 19.1 Å². The van der Waals surface area contributed by atoms with Gasteiger partial charge in [-0.05, 0) is 68.9 Å². The molecule has 2 aliphatic heterocycles. The molecule has 0 radical (unpaired) electrons. The highest BCUT2D eigenvalue weighted by molar-refractivity contribution is 6.30. The first kappa shape index (κ1) is 19.8. The van der Waals surface area contributed by atoms with Gasteiger partial charge in [0.1, 0.15) is 5.60 Å². The standard InChI is InChI=1S/C20H27ClN2O4/c1-20(2,3)27-19(25)23-8-5-6-17(23)16-11-14(21)10-13-12-22(18(24)26-4)9-7-15(13)16/h10-11,17H,5-9,12H2,1-4H3/t17-/m0/s1. The molecule has 1 fully saturated rings. The average Bonchev–Trinajstić information content (AvgIpc) is 3.08. The summed E-state index contributed by atoms with van der Waals surface area (Å²) in [4.78, 5) is 28.0. The van der Waals surface area contributed by atoms with Crippen LogP contribution in [-0.4, -0.2) is 47.8 Å². The molecule has 1 saturated heterocycles. The van der Waals surface area contributed by atoms with Crippen molar-refractivity contribution in [3.05, 3.63) is 33.8 Å². The molecule has 3 rings (SSSR count). The van der Waals surface area contributed by atoms with E-state index in [1.54, 1.807) is 4.90 Å². The van der Waals surface area contributed by atoms with E-state index in [1.165, 1.54) is 12.7 Å². The predicted molar refractivity (Wildman–Crippen MR) is 103 cm³/mol. The van der Waals surface area contributed by atoms with Crippen LogP contribution in [0, 0.1) is 0 Å². The first-order valence-corrected chi connectivity index (χ1v) is 9.71. The number of benzene rings is 1. The molecule has 2 heterocycles. The quantitative estimate of drug-likeness (QED) is 0.701. The lowest BCUT2D eigenvalue weighted by atomic mass is 9.90. The number of carbonyl (C=O) groups is 2. The van der Waals surface area contributed by atoms with Gasteiger partial charge in [0.15, 0.2) is 0 Å². The zero-order chi connectivity index (χ0) is 19.8. The number of fused-ring (bicyclic) bond motifs is 1. The van der Waals surface area contributed by atoms with Crippen molar-refractivity contribution in [1.82, 2.24) is 9.80 Å². The molecule has 0 aromatic heterocycles. The van der Waals surface area contributed by atoms with E-state index < -0.39 is 5.60 Å². The van der Waals surface area contributed by atoms with Crippen LogP contribution in [0.3, 0.4) is 0 Å². The van der Waals surface area contributed by atoms with Crippen molar-refractivity contribution in [1.29, 1.82) is 0 Å². The zero-order valence-corrected chi connectivity index (χ0v) is 17.1. The van der Waals surface area contributed by atoms with Gasteiger partial charge in [0.25, 0.3) is 0 Å². The largest absolute Gasteiger partial charge is 0.453 e. The number of amides is 2. The molecular weight excluding hydrogens is 368 g/mol. The van der Waals surface area contributed by atoms with Crippen LogP contribution < -0.4 is 0 Å². The zero-order valence-electron chi connectivity index (χ0n) is 16.4. The number of hydrogen-bond acceptors (Lipinski definition) is 4. The number of hydrogen-bond donors (Lipinski definition) is 0. The second-order valence-electron chi connectivity index (χ2n) is 8.11. The summed E-state index contributed by atoms with van der Waals surface area (Å²) in [5, 5.41) is 0.617. The summed E-state index contributed by atoms with van der Waals surface area (Å²) in [5.41, 5.74) is 2.74. The second kappa shape index (κ2) is 7.58. The highest BCUT2D eigenvalue weighted by Gasteiger charge is 2.36. The van der Waals surface area contributed by atoms with E-state index >= 15 is 0 Å². The minimum absolute atomic E-state index is 0.0445. The monoisotopic (exact) mass is 394 g/mol. The maximum Gasteiger partial charge on any atom is 0.410 e. The molecule has 0 bridgehead atoms. The second-order valence-corrected chi connectivity index (χ2v) is 8.54. The van der Waals surface area contributed by atoms with Gasteiger partial charge in [-0.15, -0.1) is 0 Å². The predicted octanol–water partition coefficient (Wildman–Crippen LogP) is 4.54. The van der Waals surface area contributed by atoms with Gasteiger partial charge in [0.2, 0.25) is 0 Å². The number of carbonyl (C=O) groups excluding carboxylic acids is 2. The van der Waals surface area contributed by atoms with Crippen LogP contribution in [0.15, 0.2) is 12.1 Å². The Bertz CT molecular complexity index is 744. The van der Waals surface area contributed by atoms with Gasteiger partial charge in [-0.25, -0.2) is 9.59 Å². The van der Waals surface area contributed by atoms with Crippen LogP contribution in [0.4, 0.5) is 9.59 Å². The maximum atomic E-state index is 12.7. The summed E-state index contributed by atoms with van der Waals surface area (Å²) in [5.74, 6) is 0. The minimum Gasteiger partial charge on any atom is -0.453 e. The summed E-state index contributed by atoms with van der Waals surface area (Å²) in [7, 11) is 1.39. The maximum absolute atomic E-state index is 12.7. The third-order valence-electron chi connectivity index (χ3n) is 5.01. The van der Waals surface area contributed by atoms with Crippen LogP contribution in [0.1, 0.15) is 56.3 Å². The SMILES string of the molecule is COC(=O)N1CCc2c(cc(Cl)cc2[C@@H]2CCCN2C(=O)OC(C)(C)C)C1. The molecule has 2 amide bonds. The number of likely N-dealkylation sites (tertiary alicyclic amines) is 1. The smallest absolute Gasteiger partial charge is 0.410 e. The Kier molecular flexibility index (Phi) is 5.56. The fourth-order valence-electron chi connectivity index (χ4n) is 3.91. The van der Waals surface area contributed by atoms with Crippen molar-refractivity contribution in [2.75, 3.05) is 20.2 Å². The fourth-order valence-corrected chi connectivity index (χ4v) is 4.15. The Morgan fingerprint density at radius 3 is 2.59 bits per heavy atom. The van der Waals surface area contributed by atoms with E-state index in [9.17, 15) is 9.59 Å². The van der Waals surface area contributed by atoms with Crippen molar-refractivity contribution >= 4 is 23.8 Å². The summed E-state index contributed by atoms with van der Waals surface area (Å²) in [6, 6.07) is 3.82. The first-order chi connectivity index (χ1) is 12.7. The van der Waals surface area contributed by atoms with Crippen LogP contribution in [0.2, 0.25) is 5.02 Å². The van der Waals surface area contributed by atoms with E-state index in [0.717, 1.165) is 30.4 Å². The van der Waals surface area contributed by atoms with Crippen molar-refractivity contribution in [2.24, 2.45) is 0 Å². The van der Waals surface area contributed by atoms with Crippen LogP contribution in [-0.2, 0) is 22.4 Å². The molecule has 7 heteroatoms. The lowest BCUT2D eigenvalue weighted by Gasteiger charge is -2.33. The highest BCUT2D eigenvalue weighted by Crippen LogP contribution is 2.39. The molecule has 6 nitrogen and oxygen atoms in total. The number of methoxy groups -OCH3 is 1. The first-order valence-electron chi connectivity index (χ1n) is 9.33. The topological polar surface area (TPSA) is 59.1 Å². The number of ether oxygens (including phenoxy) is 2. The van der Waals surface area contributed by atoms with Crippen molar-refractivity contribution in [3.8, 4) is 0 Å². The normalized spacial score (nSPS) is 19.7. The van der Waals surface area contributed by atoms with E-state index in [2.05, 4.69) is 0 Å². The van der Waals surface area contributed by atoms with Crippen LogP contribution in [0.25, 0.3) is 0 Å². The molecule has 27 heavy (non-hydrogen) atoms. The molecule has 0 N–H and O–H groups in total. The fraction of sp³-hybridized carbons (Fsp3) is 0.600. The Balaban J connectivity index is 1.90.